The van der Waals surface area contributed by atoms with E-state index in [0.717, 1.165) is 43.5 Å². The van der Waals surface area contributed by atoms with E-state index < -0.39 is 0 Å². The van der Waals surface area contributed by atoms with Gasteiger partial charge in [0.1, 0.15) is 0 Å². The predicted molar refractivity (Wildman–Crippen MR) is 76.3 cm³/mol. The Morgan fingerprint density at radius 1 is 1.33 bits per heavy atom. The molecule has 1 amide bonds. The summed E-state index contributed by atoms with van der Waals surface area (Å²) in [5.74, 6) is 0.286. The van der Waals surface area contributed by atoms with Gasteiger partial charge in [0.15, 0.2) is 0 Å². The number of carbonyl (C=O) groups excluding carboxylic acids is 1. The third-order valence-electron chi connectivity index (χ3n) is 3.19. The van der Waals surface area contributed by atoms with Gasteiger partial charge in [-0.05, 0) is 30.5 Å². The van der Waals surface area contributed by atoms with Gasteiger partial charge in [-0.1, -0.05) is 28.1 Å². The molecule has 98 valence electrons. The zero-order valence-corrected chi connectivity index (χ0v) is 12.1. The average molecular weight is 311 g/mol. The van der Waals surface area contributed by atoms with E-state index in [1.54, 1.807) is 0 Å². The molecule has 1 aliphatic heterocycles. The highest BCUT2D eigenvalue weighted by molar-refractivity contribution is 9.10. The number of rotatable bonds is 5. The van der Waals surface area contributed by atoms with E-state index in [1.807, 2.05) is 17.0 Å². The van der Waals surface area contributed by atoms with Crippen LogP contribution in [0.4, 0.5) is 0 Å². The van der Waals surface area contributed by atoms with Crippen LogP contribution in [0.2, 0.25) is 0 Å². The van der Waals surface area contributed by atoms with Gasteiger partial charge in [-0.2, -0.15) is 0 Å². The van der Waals surface area contributed by atoms with Gasteiger partial charge < -0.3 is 10.2 Å². The summed E-state index contributed by atoms with van der Waals surface area (Å²) in [7, 11) is 0. The fraction of sp³-hybridized carbons (Fsp3) is 0.500. The average Bonchev–Trinajstić information content (AvgIpc) is 2.88. The molecule has 1 fully saturated rings. The van der Waals surface area contributed by atoms with E-state index in [0.29, 0.717) is 6.42 Å². The lowest BCUT2D eigenvalue weighted by atomic mass is 10.2. The van der Waals surface area contributed by atoms with Crippen molar-refractivity contribution in [3.05, 3.63) is 34.3 Å². The maximum Gasteiger partial charge on any atom is 0.223 e. The summed E-state index contributed by atoms with van der Waals surface area (Å²) in [6.07, 6.45) is 2.93. The number of benzene rings is 1. The van der Waals surface area contributed by atoms with Crippen LogP contribution in [0.1, 0.15) is 24.8 Å². The Labute approximate surface area is 117 Å². The van der Waals surface area contributed by atoms with E-state index in [-0.39, 0.29) is 5.91 Å². The third kappa shape index (κ3) is 4.10. The van der Waals surface area contributed by atoms with Crippen molar-refractivity contribution >= 4 is 21.8 Å². The smallest absolute Gasteiger partial charge is 0.223 e. The van der Waals surface area contributed by atoms with Crippen molar-refractivity contribution in [1.82, 2.24) is 10.2 Å². The van der Waals surface area contributed by atoms with Crippen LogP contribution in [-0.2, 0) is 11.3 Å². The van der Waals surface area contributed by atoms with Crippen molar-refractivity contribution in [3.8, 4) is 0 Å². The van der Waals surface area contributed by atoms with Gasteiger partial charge in [-0.3, -0.25) is 4.79 Å². The van der Waals surface area contributed by atoms with Crippen molar-refractivity contribution < 1.29 is 4.79 Å². The SMILES string of the molecule is O=C(CCNCc1cccc(Br)c1)N1CCCC1. The number of carbonyl (C=O) groups is 1. The molecule has 2 rings (SSSR count). The molecule has 1 saturated heterocycles. The Hall–Kier alpha value is -0.870. The van der Waals surface area contributed by atoms with Crippen LogP contribution in [0.25, 0.3) is 0 Å². The van der Waals surface area contributed by atoms with E-state index in [1.165, 1.54) is 5.56 Å². The summed E-state index contributed by atoms with van der Waals surface area (Å²) in [5, 5.41) is 3.31. The lowest BCUT2D eigenvalue weighted by Gasteiger charge is -2.15. The zero-order valence-electron chi connectivity index (χ0n) is 10.5. The summed E-state index contributed by atoms with van der Waals surface area (Å²) in [6.45, 7) is 3.46. The number of hydrogen-bond donors (Lipinski definition) is 1. The minimum Gasteiger partial charge on any atom is -0.343 e. The quantitative estimate of drug-likeness (QED) is 0.848. The molecule has 4 heteroatoms. The highest BCUT2D eigenvalue weighted by atomic mass is 79.9. The van der Waals surface area contributed by atoms with Gasteiger partial charge >= 0.3 is 0 Å². The highest BCUT2D eigenvalue weighted by Crippen LogP contribution is 2.11. The molecule has 0 aliphatic carbocycles. The second kappa shape index (κ2) is 6.90. The summed E-state index contributed by atoms with van der Waals surface area (Å²) in [5.41, 5.74) is 1.23. The first-order valence-electron chi connectivity index (χ1n) is 6.48. The van der Waals surface area contributed by atoms with E-state index in [4.69, 9.17) is 0 Å². The standard InChI is InChI=1S/C14H19BrN2O/c15-13-5-3-4-12(10-13)11-16-7-6-14(18)17-8-1-2-9-17/h3-5,10,16H,1-2,6-9,11H2. The number of halogens is 1. The van der Waals surface area contributed by atoms with Crippen molar-refractivity contribution in [2.75, 3.05) is 19.6 Å². The largest absolute Gasteiger partial charge is 0.343 e. The Kier molecular flexibility index (Phi) is 5.20. The van der Waals surface area contributed by atoms with Gasteiger partial charge in [0.2, 0.25) is 5.91 Å². The molecule has 0 bridgehead atoms. The molecule has 1 aliphatic rings. The summed E-state index contributed by atoms with van der Waals surface area (Å²) >= 11 is 3.45. The van der Waals surface area contributed by atoms with Crippen LogP contribution in [-0.4, -0.2) is 30.4 Å². The molecule has 1 heterocycles. The Morgan fingerprint density at radius 3 is 2.83 bits per heavy atom. The van der Waals surface area contributed by atoms with Gasteiger partial charge in [0, 0.05) is 37.1 Å². The third-order valence-corrected chi connectivity index (χ3v) is 3.69. The van der Waals surface area contributed by atoms with Gasteiger partial charge in [0.05, 0.1) is 0 Å². The zero-order chi connectivity index (χ0) is 12.8. The van der Waals surface area contributed by atoms with Gasteiger partial charge in [-0.15, -0.1) is 0 Å². The van der Waals surface area contributed by atoms with Crippen molar-refractivity contribution in [1.29, 1.82) is 0 Å². The summed E-state index contributed by atoms with van der Waals surface area (Å²) in [6, 6.07) is 8.21. The van der Waals surface area contributed by atoms with Crippen LogP contribution >= 0.6 is 15.9 Å². The number of hydrogen-bond acceptors (Lipinski definition) is 2. The molecule has 0 spiro atoms. The Morgan fingerprint density at radius 2 is 2.11 bits per heavy atom. The normalized spacial score (nSPS) is 15.1. The minimum absolute atomic E-state index is 0.286. The number of likely N-dealkylation sites (tertiary alicyclic amines) is 1. The predicted octanol–water partition coefficient (Wildman–Crippen LogP) is 2.55. The van der Waals surface area contributed by atoms with Crippen molar-refractivity contribution in [3.63, 3.8) is 0 Å². The van der Waals surface area contributed by atoms with E-state index >= 15 is 0 Å². The molecule has 0 aromatic heterocycles. The summed E-state index contributed by atoms with van der Waals surface area (Å²) in [4.78, 5) is 13.8. The molecule has 0 saturated carbocycles. The van der Waals surface area contributed by atoms with Crippen molar-refractivity contribution in [2.24, 2.45) is 0 Å². The second-order valence-electron chi connectivity index (χ2n) is 4.64. The first-order valence-corrected chi connectivity index (χ1v) is 7.28. The Bertz CT molecular complexity index is 403. The minimum atomic E-state index is 0.286. The van der Waals surface area contributed by atoms with E-state index in [2.05, 4.69) is 33.4 Å². The molecule has 1 aromatic carbocycles. The molecular weight excluding hydrogens is 292 g/mol. The lowest BCUT2D eigenvalue weighted by Crippen LogP contribution is -2.30. The lowest BCUT2D eigenvalue weighted by molar-refractivity contribution is -0.130. The molecule has 1 aromatic rings. The summed E-state index contributed by atoms with van der Waals surface area (Å²) < 4.78 is 1.09. The van der Waals surface area contributed by atoms with Crippen LogP contribution in [0, 0.1) is 0 Å². The molecule has 0 atom stereocenters. The molecule has 3 nitrogen and oxygen atoms in total. The number of nitrogens with zero attached hydrogens (tertiary/aromatic N) is 1. The van der Waals surface area contributed by atoms with Crippen molar-refractivity contribution in [2.45, 2.75) is 25.8 Å². The van der Waals surface area contributed by atoms with E-state index in [9.17, 15) is 4.79 Å². The van der Waals surface area contributed by atoms with Crippen LogP contribution < -0.4 is 5.32 Å². The van der Waals surface area contributed by atoms with Crippen LogP contribution in [0.15, 0.2) is 28.7 Å². The van der Waals surface area contributed by atoms with Crippen LogP contribution in [0.3, 0.4) is 0 Å². The molecule has 18 heavy (non-hydrogen) atoms. The fourth-order valence-electron chi connectivity index (χ4n) is 2.20. The molecule has 0 unspecified atom stereocenters. The second-order valence-corrected chi connectivity index (χ2v) is 5.56. The number of nitrogens with one attached hydrogen (secondary N) is 1. The molecular formula is C14H19BrN2O. The Balaban J connectivity index is 1.65. The van der Waals surface area contributed by atoms with Crippen LogP contribution in [0.5, 0.6) is 0 Å². The number of amides is 1. The van der Waals surface area contributed by atoms with Gasteiger partial charge in [-0.25, -0.2) is 0 Å². The topological polar surface area (TPSA) is 32.3 Å². The molecule has 1 N–H and O–H groups in total. The maximum absolute atomic E-state index is 11.8. The maximum atomic E-state index is 11.8. The molecule has 0 radical (unpaired) electrons. The monoisotopic (exact) mass is 310 g/mol. The highest BCUT2D eigenvalue weighted by Gasteiger charge is 2.16. The fourth-order valence-corrected chi connectivity index (χ4v) is 2.65. The van der Waals surface area contributed by atoms with Gasteiger partial charge in [0.25, 0.3) is 0 Å². The first-order chi connectivity index (χ1) is 8.75. The first kappa shape index (κ1) is 13.6.